The number of hydrogen-bond donors (Lipinski definition) is 2. The fraction of sp³-hybridized carbons (Fsp3) is 0.571. The summed E-state index contributed by atoms with van der Waals surface area (Å²) in [6.07, 6.45) is 3.80. The Balaban J connectivity index is 2.64. The van der Waals surface area contributed by atoms with E-state index in [1.54, 1.807) is 25.7 Å². The highest BCUT2D eigenvalue weighted by Crippen LogP contribution is 2.29. The van der Waals surface area contributed by atoms with Crippen LogP contribution >= 0.6 is 0 Å². The fourth-order valence-corrected chi connectivity index (χ4v) is 4.98. The highest BCUT2D eigenvalue weighted by Gasteiger charge is 2.38. The Kier molecular flexibility index (Phi) is 13.1. The summed E-state index contributed by atoms with van der Waals surface area (Å²) in [7, 11) is 0. The first-order valence-electron chi connectivity index (χ1n) is 15.4. The Labute approximate surface area is 253 Å². The molecule has 0 radical (unpaired) electrons. The van der Waals surface area contributed by atoms with E-state index in [2.05, 4.69) is 17.6 Å². The van der Waals surface area contributed by atoms with Gasteiger partial charge < -0.3 is 20.3 Å². The summed E-state index contributed by atoms with van der Waals surface area (Å²) in [5.41, 5.74) is 4.84. The Morgan fingerprint density at radius 1 is 0.881 bits per heavy atom. The number of aryl methyl sites for hydroxylation is 4. The van der Waals surface area contributed by atoms with Crippen molar-refractivity contribution in [2.75, 3.05) is 11.9 Å². The minimum absolute atomic E-state index is 0.176. The fourth-order valence-electron chi connectivity index (χ4n) is 4.98. The Bertz CT molecular complexity index is 1200. The summed E-state index contributed by atoms with van der Waals surface area (Å²) in [6, 6.07) is 10.1. The molecule has 0 spiro atoms. The van der Waals surface area contributed by atoms with Gasteiger partial charge >= 0.3 is 6.09 Å². The number of anilines is 1. The lowest BCUT2D eigenvalue weighted by Gasteiger charge is -2.36. The zero-order valence-electron chi connectivity index (χ0n) is 27.5. The maximum atomic E-state index is 14.5. The van der Waals surface area contributed by atoms with Crippen LogP contribution in [0.15, 0.2) is 36.4 Å². The quantitative estimate of drug-likeness (QED) is 0.236. The van der Waals surface area contributed by atoms with Crippen molar-refractivity contribution in [2.24, 2.45) is 5.92 Å². The minimum Gasteiger partial charge on any atom is -0.444 e. The number of carbonyl (C=O) groups is 3. The van der Waals surface area contributed by atoms with Crippen LogP contribution in [0.5, 0.6) is 0 Å². The lowest BCUT2D eigenvalue weighted by Crippen LogP contribution is -2.55. The second-order valence-electron chi connectivity index (χ2n) is 12.6. The average molecular weight is 580 g/mol. The molecule has 0 fully saturated rings. The monoisotopic (exact) mass is 579 g/mol. The van der Waals surface area contributed by atoms with E-state index in [1.807, 2.05) is 77.9 Å². The van der Waals surface area contributed by atoms with Crippen LogP contribution in [0.2, 0.25) is 0 Å². The zero-order valence-corrected chi connectivity index (χ0v) is 27.5. The normalized spacial score (nSPS) is 13.6. The van der Waals surface area contributed by atoms with Crippen LogP contribution in [0.25, 0.3) is 0 Å². The molecule has 0 heterocycles. The van der Waals surface area contributed by atoms with Gasteiger partial charge in [0.25, 0.3) is 5.91 Å². The van der Waals surface area contributed by atoms with E-state index in [4.69, 9.17) is 4.74 Å². The van der Waals surface area contributed by atoms with Gasteiger partial charge in [0.15, 0.2) is 0 Å². The van der Waals surface area contributed by atoms with Crippen LogP contribution in [-0.4, -0.2) is 41.0 Å². The number of para-hydroxylation sites is 1. The van der Waals surface area contributed by atoms with Crippen LogP contribution in [-0.2, 0) is 14.3 Å². The molecule has 3 unspecified atom stereocenters. The molecule has 0 aromatic heterocycles. The number of benzene rings is 2. The van der Waals surface area contributed by atoms with Gasteiger partial charge in [0.05, 0.1) is 0 Å². The second kappa shape index (κ2) is 15.8. The van der Waals surface area contributed by atoms with E-state index < -0.39 is 23.8 Å². The van der Waals surface area contributed by atoms with Crippen LogP contribution < -0.4 is 10.6 Å². The summed E-state index contributed by atoms with van der Waals surface area (Å²) in [4.78, 5) is 43.4. The summed E-state index contributed by atoms with van der Waals surface area (Å²) in [5, 5.41) is 6.01. The third-order valence-electron chi connectivity index (χ3n) is 7.82. The first-order valence-corrected chi connectivity index (χ1v) is 15.4. The van der Waals surface area contributed by atoms with Gasteiger partial charge in [-0.3, -0.25) is 9.59 Å². The van der Waals surface area contributed by atoms with Crippen LogP contribution in [0, 0.1) is 33.6 Å². The molecule has 0 aliphatic carbocycles. The smallest absolute Gasteiger partial charge is 0.408 e. The number of alkyl carbamates (subject to hydrolysis) is 1. The van der Waals surface area contributed by atoms with Crippen LogP contribution in [0.4, 0.5) is 10.5 Å². The molecule has 0 aliphatic heterocycles. The molecule has 0 saturated heterocycles. The molecule has 2 aromatic carbocycles. The van der Waals surface area contributed by atoms with Crippen molar-refractivity contribution in [3.05, 3.63) is 64.2 Å². The molecule has 3 amide bonds. The lowest BCUT2D eigenvalue weighted by atomic mass is 9.94. The topological polar surface area (TPSA) is 87.7 Å². The van der Waals surface area contributed by atoms with Crippen molar-refractivity contribution >= 4 is 23.6 Å². The van der Waals surface area contributed by atoms with Crippen molar-refractivity contribution in [1.29, 1.82) is 0 Å². The number of nitrogens with zero attached hydrogens (tertiary/aromatic N) is 1. The number of hydrogen-bond acceptors (Lipinski definition) is 4. The lowest BCUT2D eigenvalue weighted by molar-refractivity contribution is -0.142. The summed E-state index contributed by atoms with van der Waals surface area (Å²) in [5.74, 6) is -0.739. The number of amides is 3. The molecule has 2 N–H and O–H groups in total. The third-order valence-corrected chi connectivity index (χ3v) is 7.82. The summed E-state index contributed by atoms with van der Waals surface area (Å²) < 4.78 is 5.53. The van der Waals surface area contributed by atoms with E-state index in [9.17, 15) is 14.4 Å². The van der Waals surface area contributed by atoms with Crippen molar-refractivity contribution in [2.45, 2.75) is 119 Å². The number of unbranched alkanes of at least 4 members (excludes halogenated alkanes) is 3. The molecule has 0 aliphatic rings. The largest absolute Gasteiger partial charge is 0.444 e. The SMILES string of the molecule is CCCCCCN(C(=O)C(NC(=O)OC(C)(C)C)C(C)CC)C(C(=O)Nc1c(C)cccc1C)c1ccc(C)c(C)c1. The van der Waals surface area contributed by atoms with E-state index in [0.29, 0.717) is 13.0 Å². The standard InChI is InChI=1S/C35H53N3O4/c1-11-13-14-15-21-38(33(40)30(23(3)12-2)37-34(41)42-35(8,9)10)31(28-20-19-24(4)27(7)22-28)32(39)36-29-25(5)17-16-18-26(29)6/h16-20,22-23,30-31H,11-15,21H2,1-10H3,(H,36,39)(H,37,41). The number of nitrogens with one attached hydrogen (secondary N) is 2. The van der Waals surface area contributed by atoms with Gasteiger partial charge in [0, 0.05) is 12.2 Å². The van der Waals surface area contributed by atoms with Crippen molar-refractivity contribution in [1.82, 2.24) is 10.2 Å². The molecule has 3 atom stereocenters. The summed E-state index contributed by atoms with van der Waals surface area (Å²) in [6.45, 7) is 19.8. The van der Waals surface area contributed by atoms with Crippen LogP contribution in [0.1, 0.15) is 108 Å². The second-order valence-corrected chi connectivity index (χ2v) is 12.6. The zero-order chi connectivity index (χ0) is 31.6. The Hall–Kier alpha value is -3.35. The molecule has 0 bridgehead atoms. The van der Waals surface area contributed by atoms with Gasteiger partial charge in [-0.15, -0.1) is 0 Å². The predicted octanol–water partition coefficient (Wildman–Crippen LogP) is 7.95. The van der Waals surface area contributed by atoms with Gasteiger partial charge in [-0.25, -0.2) is 4.79 Å². The maximum absolute atomic E-state index is 14.5. The molecule has 232 valence electrons. The highest BCUT2D eigenvalue weighted by molar-refractivity contribution is 6.00. The minimum atomic E-state index is -0.885. The molecule has 7 nitrogen and oxygen atoms in total. The highest BCUT2D eigenvalue weighted by atomic mass is 16.6. The first-order chi connectivity index (χ1) is 19.7. The molecule has 2 rings (SSSR count). The van der Waals surface area contributed by atoms with Gasteiger partial charge in [-0.05, 0) is 88.6 Å². The number of rotatable bonds is 13. The maximum Gasteiger partial charge on any atom is 0.408 e. The third kappa shape index (κ3) is 9.88. The number of carbonyl (C=O) groups excluding carboxylic acids is 3. The van der Waals surface area contributed by atoms with E-state index in [-0.39, 0.29) is 17.7 Å². The molecular weight excluding hydrogens is 526 g/mol. The van der Waals surface area contributed by atoms with E-state index in [0.717, 1.165) is 59.2 Å². The van der Waals surface area contributed by atoms with Crippen LogP contribution in [0.3, 0.4) is 0 Å². The van der Waals surface area contributed by atoms with E-state index in [1.165, 1.54) is 0 Å². The average Bonchev–Trinajstić information content (AvgIpc) is 2.91. The number of ether oxygens (including phenoxy) is 1. The predicted molar refractivity (Wildman–Crippen MR) is 172 cm³/mol. The van der Waals surface area contributed by atoms with Gasteiger partial charge in [0.1, 0.15) is 17.7 Å². The Morgan fingerprint density at radius 3 is 2.07 bits per heavy atom. The van der Waals surface area contributed by atoms with E-state index >= 15 is 0 Å². The molecule has 2 aromatic rings. The van der Waals surface area contributed by atoms with Crippen molar-refractivity contribution in [3.63, 3.8) is 0 Å². The van der Waals surface area contributed by atoms with Gasteiger partial charge in [0.2, 0.25) is 5.91 Å². The van der Waals surface area contributed by atoms with Gasteiger partial charge in [-0.2, -0.15) is 0 Å². The molecule has 42 heavy (non-hydrogen) atoms. The van der Waals surface area contributed by atoms with Gasteiger partial charge in [-0.1, -0.05) is 82.9 Å². The molecular formula is C35H53N3O4. The van der Waals surface area contributed by atoms with Crippen molar-refractivity contribution in [3.8, 4) is 0 Å². The summed E-state index contributed by atoms with van der Waals surface area (Å²) >= 11 is 0. The van der Waals surface area contributed by atoms with Crippen molar-refractivity contribution < 1.29 is 19.1 Å². The first kappa shape index (κ1) is 34.8. The molecule has 7 heteroatoms. The molecule has 0 saturated carbocycles. The Morgan fingerprint density at radius 2 is 1.52 bits per heavy atom.